The van der Waals surface area contributed by atoms with Gasteiger partial charge in [0.2, 0.25) is 0 Å². The Morgan fingerprint density at radius 3 is 2.62 bits per heavy atom. The lowest BCUT2D eigenvalue weighted by atomic mass is 10.2. The molecule has 0 bridgehead atoms. The van der Waals surface area contributed by atoms with Crippen LogP contribution < -0.4 is 5.32 Å². The van der Waals surface area contributed by atoms with Gasteiger partial charge in [-0.1, -0.05) is 13.0 Å². The van der Waals surface area contributed by atoms with Crippen molar-refractivity contribution in [1.29, 1.82) is 0 Å². The zero-order valence-corrected chi connectivity index (χ0v) is 7.88. The van der Waals surface area contributed by atoms with Crippen LogP contribution in [0.3, 0.4) is 0 Å². The van der Waals surface area contributed by atoms with Gasteiger partial charge < -0.3 is 5.32 Å². The maximum Gasteiger partial charge on any atom is 0.408 e. The van der Waals surface area contributed by atoms with Crippen molar-refractivity contribution < 1.29 is 13.2 Å². The second-order valence-electron chi connectivity index (χ2n) is 2.55. The number of nitrogens with one attached hydrogen (secondary N) is 1. The Kier molecular flexibility index (Phi) is 3.33. The fourth-order valence-electron chi connectivity index (χ4n) is 1.04. The van der Waals surface area contributed by atoms with Gasteiger partial charge in [-0.05, 0) is 18.0 Å². The summed E-state index contributed by atoms with van der Waals surface area (Å²) in [5.74, 6) is 0. The number of alkyl halides is 3. The van der Waals surface area contributed by atoms with Gasteiger partial charge in [0.25, 0.3) is 0 Å². The van der Waals surface area contributed by atoms with E-state index in [2.05, 4.69) is 5.32 Å². The van der Waals surface area contributed by atoms with Crippen molar-refractivity contribution in [3.05, 3.63) is 22.4 Å². The molecule has 1 rings (SSSR count). The summed E-state index contributed by atoms with van der Waals surface area (Å²) in [5.41, 5.74) is 0. The Hall–Kier alpha value is -0.550. The van der Waals surface area contributed by atoms with Crippen LogP contribution in [-0.4, -0.2) is 12.7 Å². The highest BCUT2D eigenvalue weighted by Gasteiger charge is 2.40. The fraction of sp³-hybridized carbons (Fsp3) is 0.500. The van der Waals surface area contributed by atoms with Crippen LogP contribution in [0.4, 0.5) is 13.2 Å². The van der Waals surface area contributed by atoms with Gasteiger partial charge in [0.05, 0.1) is 0 Å². The van der Waals surface area contributed by atoms with Crippen molar-refractivity contribution in [2.24, 2.45) is 0 Å². The number of thiophene rings is 1. The van der Waals surface area contributed by atoms with Gasteiger partial charge in [-0.2, -0.15) is 13.2 Å². The topological polar surface area (TPSA) is 12.0 Å². The third-order valence-corrected chi connectivity index (χ3v) is 2.50. The highest BCUT2D eigenvalue weighted by Crippen LogP contribution is 2.34. The molecule has 0 aromatic carbocycles. The van der Waals surface area contributed by atoms with Crippen LogP contribution >= 0.6 is 11.3 Å². The maximum atomic E-state index is 12.4. The second-order valence-corrected chi connectivity index (χ2v) is 3.53. The Balaban J connectivity index is 2.81. The van der Waals surface area contributed by atoms with E-state index in [1.807, 2.05) is 0 Å². The van der Waals surface area contributed by atoms with Gasteiger partial charge in [-0.15, -0.1) is 11.3 Å². The molecule has 0 radical (unpaired) electrons. The van der Waals surface area contributed by atoms with Crippen LogP contribution in [0, 0.1) is 0 Å². The van der Waals surface area contributed by atoms with Crippen molar-refractivity contribution in [2.75, 3.05) is 6.54 Å². The number of hydrogen-bond acceptors (Lipinski definition) is 2. The quantitative estimate of drug-likeness (QED) is 0.807. The molecule has 1 aromatic rings. The Labute approximate surface area is 78.6 Å². The molecule has 0 fully saturated rings. The molecule has 1 nitrogen and oxygen atoms in total. The number of halogens is 3. The molecule has 1 atom stereocenters. The molecule has 1 N–H and O–H groups in total. The number of hydrogen-bond donors (Lipinski definition) is 1. The highest BCUT2D eigenvalue weighted by molar-refractivity contribution is 7.10. The molecular formula is C8H10F3NS. The largest absolute Gasteiger partial charge is 0.408 e. The average molecular weight is 209 g/mol. The summed E-state index contributed by atoms with van der Waals surface area (Å²) in [6.45, 7) is 1.97. The van der Waals surface area contributed by atoms with Gasteiger partial charge in [0, 0.05) is 4.88 Å². The predicted molar refractivity (Wildman–Crippen MR) is 46.8 cm³/mol. The standard InChI is InChI=1S/C8H10F3NS/c1-2-12-7(8(9,10)11)6-4-3-5-13-6/h3-5,7,12H,2H2,1H3. The second kappa shape index (κ2) is 4.11. The van der Waals surface area contributed by atoms with Crippen LogP contribution in [0.1, 0.15) is 17.8 Å². The highest BCUT2D eigenvalue weighted by atomic mass is 32.1. The summed E-state index contributed by atoms with van der Waals surface area (Å²) in [7, 11) is 0. The summed E-state index contributed by atoms with van der Waals surface area (Å²) >= 11 is 1.12. The minimum Gasteiger partial charge on any atom is -0.302 e. The van der Waals surface area contributed by atoms with E-state index in [1.54, 1.807) is 18.4 Å². The first-order valence-electron chi connectivity index (χ1n) is 3.89. The molecular weight excluding hydrogens is 199 g/mol. The van der Waals surface area contributed by atoms with Gasteiger partial charge >= 0.3 is 6.18 Å². The van der Waals surface area contributed by atoms with E-state index in [-0.39, 0.29) is 0 Å². The van der Waals surface area contributed by atoms with E-state index in [1.165, 1.54) is 6.07 Å². The molecule has 0 aliphatic heterocycles. The van der Waals surface area contributed by atoms with Gasteiger partial charge in [0.1, 0.15) is 6.04 Å². The van der Waals surface area contributed by atoms with Crippen LogP contribution in [0.2, 0.25) is 0 Å². The van der Waals surface area contributed by atoms with E-state index < -0.39 is 12.2 Å². The molecule has 0 amide bonds. The molecule has 0 aliphatic rings. The number of rotatable bonds is 3. The van der Waals surface area contributed by atoms with E-state index in [0.717, 1.165) is 11.3 Å². The zero-order chi connectivity index (χ0) is 9.90. The molecule has 13 heavy (non-hydrogen) atoms. The SMILES string of the molecule is CCNC(c1cccs1)C(F)(F)F. The normalized spacial score (nSPS) is 14.5. The van der Waals surface area contributed by atoms with Crippen LogP contribution in [0.25, 0.3) is 0 Å². The van der Waals surface area contributed by atoms with Crippen LogP contribution in [-0.2, 0) is 0 Å². The van der Waals surface area contributed by atoms with Crippen LogP contribution in [0.15, 0.2) is 17.5 Å². The maximum absolute atomic E-state index is 12.4. The Bertz CT molecular complexity index is 242. The van der Waals surface area contributed by atoms with Crippen molar-refractivity contribution in [3.8, 4) is 0 Å². The lowest BCUT2D eigenvalue weighted by molar-refractivity contribution is -0.156. The molecule has 74 valence electrons. The van der Waals surface area contributed by atoms with Gasteiger partial charge in [-0.25, -0.2) is 0 Å². The minimum atomic E-state index is -4.21. The Morgan fingerprint density at radius 1 is 1.54 bits per heavy atom. The van der Waals surface area contributed by atoms with Crippen molar-refractivity contribution in [1.82, 2.24) is 5.32 Å². The molecule has 1 aromatic heterocycles. The third kappa shape index (κ3) is 2.70. The smallest absolute Gasteiger partial charge is 0.302 e. The van der Waals surface area contributed by atoms with E-state index in [0.29, 0.717) is 11.4 Å². The van der Waals surface area contributed by atoms with E-state index in [4.69, 9.17) is 0 Å². The summed E-state index contributed by atoms with van der Waals surface area (Å²) in [5, 5.41) is 4.05. The lowest BCUT2D eigenvalue weighted by Crippen LogP contribution is -2.33. The molecule has 0 saturated heterocycles. The van der Waals surface area contributed by atoms with Crippen molar-refractivity contribution in [2.45, 2.75) is 19.1 Å². The third-order valence-electron chi connectivity index (χ3n) is 1.56. The van der Waals surface area contributed by atoms with E-state index in [9.17, 15) is 13.2 Å². The first-order valence-corrected chi connectivity index (χ1v) is 4.77. The summed E-state index contributed by atoms with van der Waals surface area (Å²) in [4.78, 5) is 0.314. The monoisotopic (exact) mass is 209 g/mol. The van der Waals surface area contributed by atoms with Gasteiger partial charge in [-0.3, -0.25) is 0 Å². The molecule has 0 saturated carbocycles. The molecule has 0 spiro atoms. The lowest BCUT2D eigenvalue weighted by Gasteiger charge is -2.19. The average Bonchev–Trinajstić information content (AvgIpc) is 2.49. The molecule has 5 heteroatoms. The first-order chi connectivity index (χ1) is 6.05. The summed E-state index contributed by atoms with van der Waals surface area (Å²) in [6.07, 6.45) is -4.21. The minimum absolute atomic E-state index is 0.308. The zero-order valence-electron chi connectivity index (χ0n) is 7.06. The van der Waals surface area contributed by atoms with Crippen LogP contribution in [0.5, 0.6) is 0 Å². The molecule has 0 aliphatic carbocycles. The molecule has 1 heterocycles. The fourth-order valence-corrected chi connectivity index (χ4v) is 1.86. The first kappa shape index (κ1) is 10.5. The molecule has 1 unspecified atom stereocenters. The predicted octanol–water partition coefficient (Wildman–Crippen LogP) is 2.96. The summed E-state index contributed by atoms with van der Waals surface area (Å²) < 4.78 is 37.2. The van der Waals surface area contributed by atoms with Crippen molar-refractivity contribution in [3.63, 3.8) is 0 Å². The summed E-state index contributed by atoms with van der Waals surface area (Å²) in [6, 6.07) is 1.60. The van der Waals surface area contributed by atoms with Crippen molar-refractivity contribution >= 4 is 11.3 Å². The van der Waals surface area contributed by atoms with E-state index >= 15 is 0 Å². The Morgan fingerprint density at radius 2 is 2.23 bits per heavy atom. The van der Waals surface area contributed by atoms with Gasteiger partial charge in [0.15, 0.2) is 0 Å².